The molecule has 0 bridgehead atoms. The zero-order valence-corrected chi connectivity index (χ0v) is 15.0. The predicted molar refractivity (Wildman–Crippen MR) is 90.7 cm³/mol. The van der Waals surface area contributed by atoms with Gasteiger partial charge in [-0.2, -0.15) is 4.99 Å². The molecule has 1 amide bonds. The molecule has 1 aromatic carbocycles. The van der Waals surface area contributed by atoms with Crippen LogP contribution in [0, 0.1) is 0 Å². The minimum Gasteiger partial charge on any atom is -0.465 e. The lowest BCUT2D eigenvalue weighted by Gasteiger charge is -2.12. The number of hydrogen-bond donors (Lipinski definition) is 0. The second-order valence-corrected chi connectivity index (χ2v) is 7.73. The molecule has 8 heteroatoms. The van der Waals surface area contributed by atoms with Crippen molar-refractivity contribution < 1.29 is 28.2 Å². The van der Waals surface area contributed by atoms with Crippen LogP contribution in [0.4, 0.5) is 4.79 Å². The molecule has 0 N–H and O–H groups in total. The Morgan fingerprint density at radius 2 is 1.88 bits per heavy atom. The van der Waals surface area contributed by atoms with Crippen LogP contribution in [0.2, 0.25) is 0 Å². The maximum Gasteiger partial charge on any atom is 0.434 e. The van der Waals surface area contributed by atoms with Gasteiger partial charge in [0.2, 0.25) is 7.37 Å². The third kappa shape index (κ3) is 7.53. The summed E-state index contributed by atoms with van der Waals surface area (Å²) in [5, 5.41) is 0. The fraction of sp³-hybridized carbons (Fsp3) is 0.438. The Balaban J connectivity index is 2.68. The fourth-order valence-corrected chi connectivity index (χ4v) is 3.12. The summed E-state index contributed by atoms with van der Waals surface area (Å²) < 4.78 is 26.8. The molecule has 0 aliphatic rings. The topological polar surface area (TPSA) is 91.3 Å². The molecule has 0 fully saturated rings. The van der Waals surface area contributed by atoms with Crippen molar-refractivity contribution in [3.8, 4) is 0 Å². The van der Waals surface area contributed by atoms with Crippen LogP contribution in [-0.4, -0.2) is 44.3 Å². The number of methoxy groups -OCH3 is 1. The second-order valence-electron chi connectivity index (χ2n) is 5.00. The summed E-state index contributed by atoms with van der Waals surface area (Å²) in [6.45, 7) is 3.55. The highest BCUT2D eigenvalue weighted by atomic mass is 31.2. The first kappa shape index (κ1) is 20.1. The Hall–Kier alpha value is -1.98. The van der Waals surface area contributed by atoms with Crippen LogP contribution >= 0.6 is 7.37 Å². The van der Waals surface area contributed by atoms with Crippen LogP contribution in [0.1, 0.15) is 18.9 Å². The third-order valence-electron chi connectivity index (χ3n) is 3.01. The zero-order valence-electron chi connectivity index (χ0n) is 14.1. The first-order valence-corrected chi connectivity index (χ1v) is 9.71. The Labute approximate surface area is 141 Å². The average Bonchev–Trinajstić information content (AvgIpc) is 2.57. The standard InChI is InChI=1S/C16H22NO6P/c1-4-23-24(3,20)11-10-14(15(18)21-2)17-16(19)22-12-13-8-6-5-7-9-13/h5-9H,4,10-12H2,1-3H3. The number of nitrogens with zero attached hydrogens (tertiary/aromatic N) is 1. The molecule has 0 heterocycles. The number of amides is 1. The molecular weight excluding hydrogens is 333 g/mol. The fourth-order valence-electron chi connectivity index (χ4n) is 1.83. The van der Waals surface area contributed by atoms with E-state index in [1.807, 2.05) is 18.2 Å². The molecule has 0 aromatic heterocycles. The molecule has 0 saturated carbocycles. The van der Waals surface area contributed by atoms with Crippen molar-refractivity contribution in [3.05, 3.63) is 35.9 Å². The number of rotatable bonds is 8. The number of carbonyl (C=O) groups is 2. The van der Waals surface area contributed by atoms with Crippen molar-refractivity contribution in [1.82, 2.24) is 0 Å². The Morgan fingerprint density at radius 1 is 1.21 bits per heavy atom. The molecule has 1 unspecified atom stereocenters. The monoisotopic (exact) mass is 355 g/mol. The van der Waals surface area contributed by atoms with Gasteiger partial charge in [0.05, 0.1) is 13.7 Å². The van der Waals surface area contributed by atoms with E-state index in [0.29, 0.717) is 6.61 Å². The number of aliphatic imine (C=N–C) groups is 1. The van der Waals surface area contributed by atoms with Crippen molar-refractivity contribution in [2.75, 3.05) is 26.5 Å². The van der Waals surface area contributed by atoms with Crippen molar-refractivity contribution in [3.63, 3.8) is 0 Å². The highest BCUT2D eigenvalue weighted by Gasteiger charge is 2.21. The number of carbonyl (C=O) groups excluding carboxylic acids is 2. The zero-order chi connectivity index (χ0) is 18.0. The van der Waals surface area contributed by atoms with E-state index >= 15 is 0 Å². The number of esters is 1. The largest absolute Gasteiger partial charge is 0.465 e. The lowest BCUT2D eigenvalue weighted by atomic mass is 10.2. The molecule has 1 aromatic rings. The van der Waals surface area contributed by atoms with Crippen molar-refractivity contribution in [2.45, 2.75) is 20.0 Å². The molecule has 1 atom stereocenters. The summed E-state index contributed by atoms with van der Waals surface area (Å²) in [4.78, 5) is 27.1. The molecular formula is C16H22NO6P. The van der Waals surface area contributed by atoms with Gasteiger partial charge in [0.15, 0.2) is 0 Å². The van der Waals surface area contributed by atoms with E-state index in [1.54, 1.807) is 19.1 Å². The summed E-state index contributed by atoms with van der Waals surface area (Å²) in [5.74, 6) is -0.761. The lowest BCUT2D eigenvalue weighted by Crippen LogP contribution is -2.19. The number of ether oxygens (including phenoxy) is 2. The van der Waals surface area contributed by atoms with Gasteiger partial charge in [-0.1, -0.05) is 30.3 Å². The van der Waals surface area contributed by atoms with Gasteiger partial charge in [-0.25, -0.2) is 9.59 Å². The quantitative estimate of drug-likeness (QED) is 0.404. The Kier molecular flexibility index (Phi) is 8.36. The minimum atomic E-state index is -2.84. The van der Waals surface area contributed by atoms with E-state index < -0.39 is 19.4 Å². The van der Waals surface area contributed by atoms with Crippen molar-refractivity contribution >= 4 is 25.1 Å². The highest BCUT2D eigenvalue weighted by Crippen LogP contribution is 2.42. The van der Waals surface area contributed by atoms with Crippen molar-refractivity contribution in [1.29, 1.82) is 0 Å². The summed E-state index contributed by atoms with van der Waals surface area (Å²) in [5.41, 5.74) is 0.660. The first-order chi connectivity index (χ1) is 11.4. The molecule has 0 aliphatic carbocycles. The maximum absolute atomic E-state index is 12.1. The molecule has 7 nitrogen and oxygen atoms in total. The van der Waals surface area contributed by atoms with Gasteiger partial charge in [0.25, 0.3) is 0 Å². The van der Waals surface area contributed by atoms with E-state index in [1.165, 1.54) is 13.8 Å². The molecule has 0 aliphatic heterocycles. The van der Waals surface area contributed by atoms with Crippen LogP contribution in [0.3, 0.4) is 0 Å². The van der Waals surface area contributed by atoms with Crippen LogP contribution in [0.25, 0.3) is 0 Å². The third-order valence-corrected chi connectivity index (χ3v) is 4.85. The van der Waals surface area contributed by atoms with E-state index in [9.17, 15) is 14.2 Å². The smallest absolute Gasteiger partial charge is 0.434 e. The van der Waals surface area contributed by atoms with E-state index in [4.69, 9.17) is 9.26 Å². The SMILES string of the molecule is CCOP(C)(=O)CCC(=NC(=O)OCc1ccccc1)C(=O)OC. The molecule has 132 valence electrons. The van der Waals surface area contributed by atoms with Crippen molar-refractivity contribution in [2.24, 2.45) is 4.99 Å². The molecule has 24 heavy (non-hydrogen) atoms. The molecule has 1 rings (SSSR count). The minimum absolute atomic E-state index is 0.000881. The predicted octanol–water partition coefficient (Wildman–Crippen LogP) is 3.27. The van der Waals surface area contributed by atoms with Crippen LogP contribution in [0.5, 0.6) is 0 Å². The summed E-state index contributed by atoms with van der Waals surface area (Å²) >= 11 is 0. The van der Waals surface area contributed by atoms with Gasteiger partial charge < -0.3 is 14.0 Å². The Morgan fingerprint density at radius 3 is 2.46 bits per heavy atom. The average molecular weight is 355 g/mol. The van der Waals surface area contributed by atoms with Gasteiger partial charge in [-0.05, 0) is 12.5 Å². The van der Waals surface area contributed by atoms with E-state index in [-0.39, 0.29) is 24.9 Å². The van der Waals surface area contributed by atoms with Gasteiger partial charge in [0, 0.05) is 19.2 Å². The lowest BCUT2D eigenvalue weighted by molar-refractivity contribution is -0.132. The van der Waals surface area contributed by atoms with Gasteiger partial charge in [-0.15, -0.1) is 0 Å². The number of benzene rings is 1. The second kappa shape index (κ2) is 10.0. The Bertz CT molecular complexity index is 629. The highest BCUT2D eigenvalue weighted by molar-refractivity contribution is 7.58. The van der Waals surface area contributed by atoms with Gasteiger partial charge >= 0.3 is 12.1 Å². The van der Waals surface area contributed by atoms with E-state index in [0.717, 1.165) is 5.56 Å². The van der Waals surface area contributed by atoms with Gasteiger partial charge in [-0.3, -0.25) is 4.57 Å². The maximum atomic E-state index is 12.1. The molecule has 0 saturated heterocycles. The van der Waals surface area contributed by atoms with Gasteiger partial charge in [0.1, 0.15) is 12.3 Å². The summed E-state index contributed by atoms with van der Waals surface area (Å²) in [6, 6.07) is 9.08. The number of hydrogen-bond acceptors (Lipinski definition) is 6. The summed E-state index contributed by atoms with van der Waals surface area (Å²) in [7, 11) is -1.66. The normalized spacial score (nSPS) is 13.9. The van der Waals surface area contributed by atoms with Crippen LogP contribution in [-0.2, 0) is 30.0 Å². The summed E-state index contributed by atoms with van der Waals surface area (Å²) in [6.07, 6.45) is -0.816. The van der Waals surface area contributed by atoms with Crippen LogP contribution < -0.4 is 0 Å². The molecule has 0 spiro atoms. The van der Waals surface area contributed by atoms with Crippen LogP contribution in [0.15, 0.2) is 35.3 Å². The molecule has 0 radical (unpaired) electrons. The first-order valence-electron chi connectivity index (χ1n) is 7.45. The van der Waals surface area contributed by atoms with E-state index in [2.05, 4.69) is 9.73 Å².